The fourth-order valence-electron chi connectivity index (χ4n) is 1.66. The number of phenols is 1. The van der Waals surface area contributed by atoms with Gasteiger partial charge in [-0.25, -0.2) is 4.98 Å². The van der Waals surface area contributed by atoms with E-state index in [-0.39, 0.29) is 11.3 Å². The Kier molecular flexibility index (Phi) is 1.98. The summed E-state index contributed by atoms with van der Waals surface area (Å²) in [5, 5.41) is 9.66. The molecule has 2 aromatic heterocycles. The molecule has 0 bridgehead atoms. The van der Waals surface area contributed by atoms with Gasteiger partial charge in [0.15, 0.2) is 11.6 Å². The van der Waals surface area contributed by atoms with E-state index in [2.05, 4.69) is 9.97 Å². The topological polar surface area (TPSA) is 79.1 Å². The minimum Gasteiger partial charge on any atom is -0.508 e. The van der Waals surface area contributed by atoms with Gasteiger partial charge in [0.2, 0.25) is 0 Å². The summed E-state index contributed by atoms with van der Waals surface area (Å²) < 4.78 is 5.17. The number of aromatic hydroxyl groups is 1. The van der Waals surface area contributed by atoms with Crippen LogP contribution in [0.5, 0.6) is 5.75 Å². The van der Waals surface area contributed by atoms with Crippen LogP contribution in [0.25, 0.3) is 22.5 Å². The van der Waals surface area contributed by atoms with Crippen molar-refractivity contribution >= 4 is 10.9 Å². The number of phenolic OH excluding ortho intramolecular Hbond substituents is 1. The average Bonchev–Trinajstić information content (AvgIpc) is 2.83. The standard InChI is InChI=1S/C12H8N2O3/c15-7-3-4-9-8(6-7)12(16)14-11(13-9)10-2-1-5-17-10/h1-6,15H,(H,13,14,16). The average molecular weight is 228 g/mol. The molecule has 3 rings (SSSR count). The predicted molar refractivity (Wildman–Crippen MR) is 61.7 cm³/mol. The van der Waals surface area contributed by atoms with Gasteiger partial charge in [-0.15, -0.1) is 0 Å². The minimum absolute atomic E-state index is 0.0375. The largest absolute Gasteiger partial charge is 0.508 e. The second kappa shape index (κ2) is 3.48. The van der Waals surface area contributed by atoms with Crippen molar-refractivity contribution < 1.29 is 9.52 Å². The number of nitrogens with one attached hydrogen (secondary N) is 1. The molecule has 0 saturated heterocycles. The molecule has 0 radical (unpaired) electrons. The molecule has 0 fully saturated rings. The Hall–Kier alpha value is -2.56. The van der Waals surface area contributed by atoms with Crippen LogP contribution in [-0.2, 0) is 0 Å². The summed E-state index contributed by atoms with van der Waals surface area (Å²) in [6.45, 7) is 0. The molecule has 0 unspecified atom stereocenters. The Balaban J connectivity index is 2.32. The lowest BCUT2D eigenvalue weighted by molar-refractivity contribution is 0.476. The Morgan fingerprint density at radius 1 is 1.29 bits per heavy atom. The number of aromatic amines is 1. The molecule has 0 saturated carbocycles. The van der Waals surface area contributed by atoms with Crippen LogP contribution >= 0.6 is 0 Å². The van der Waals surface area contributed by atoms with Gasteiger partial charge in [-0.3, -0.25) is 4.79 Å². The minimum atomic E-state index is -0.308. The molecule has 0 spiro atoms. The molecule has 2 N–H and O–H groups in total. The number of hydrogen-bond acceptors (Lipinski definition) is 4. The van der Waals surface area contributed by atoms with Gasteiger partial charge in [0.05, 0.1) is 17.2 Å². The number of nitrogens with zero attached hydrogens (tertiary/aromatic N) is 1. The summed E-state index contributed by atoms with van der Waals surface area (Å²) in [5.41, 5.74) is 0.204. The number of rotatable bonds is 1. The highest BCUT2D eigenvalue weighted by atomic mass is 16.3. The highest BCUT2D eigenvalue weighted by Crippen LogP contribution is 2.19. The monoisotopic (exact) mass is 228 g/mol. The van der Waals surface area contributed by atoms with Crippen molar-refractivity contribution in [1.29, 1.82) is 0 Å². The molecule has 3 aromatic rings. The molecular weight excluding hydrogens is 220 g/mol. The van der Waals surface area contributed by atoms with Gasteiger partial charge >= 0.3 is 0 Å². The van der Waals surface area contributed by atoms with Crippen molar-refractivity contribution in [2.24, 2.45) is 0 Å². The van der Waals surface area contributed by atoms with Gasteiger partial charge in [0, 0.05) is 0 Å². The highest BCUT2D eigenvalue weighted by molar-refractivity contribution is 5.80. The maximum atomic E-state index is 11.8. The van der Waals surface area contributed by atoms with Crippen LogP contribution in [0.15, 0.2) is 45.8 Å². The van der Waals surface area contributed by atoms with Gasteiger partial charge in [-0.2, -0.15) is 0 Å². The van der Waals surface area contributed by atoms with E-state index in [0.29, 0.717) is 22.5 Å². The maximum absolute atomic E-state index is 11.8. The van der Waals surface area contributed by atoms with Gasteiger partial charge in [-0.05, 0) is 30.3 Å². The summed E-state index contributed by atoms with van der Waals surface area (Å²) >= 11 is 0. The molecule has 84 valence electrons. The van der Waals surface area contributed by atoms with Crippen LogP contribution in [0.1, 0.15) is 0 Å². The van der Waals surface area contributed by atoms with E-state index in [4.69, 9.17) is 4.42 Å². The van der Waals surface area contributed by atoms with E-state index in [1.54, 1.807) is 18.2 Å². The van der Waals surface area contributed by atoms with Crippen LogP contribution < -0.4 is 5.56 Å². The number of H-pyrrole nitrogens is 1. The van der Waals surface area contributed by atoms with Crippen molar-refractivity contribution in [2.75, 3.05) is 0 Å². The van der Waals surface area contributed by atoms with E-state index >= 15 is 0 Å². The molecular formula is C12H8N2O3. The molecule has 17 heavy (non-hydrogen) atoms. The number of aromatic nitrogens is 2. The third-order valence-electron chi connectivity index (χ3n) is 2.44. The Morgan fingerprint density at radius 3 is 2.94 bits per heavy atom. The Bertz CT molecular complexity index is 729. The SMILES string of the molecule is O=c1[nH]c(-c2ccco2)nc2ccc(O)cc12. The van der Waals surface area contributed by atoms with Gasteiger partial charge in [0.25, 0.3) is 5.56 Å². The van der Waals surface area contributed by atoms with Crippen molar-refractivity contribution in [3.8, 4) is 17.3 Å². The Labute approximate surface area is 95.4 Å². The molecule has 0 atom stereocenters. The smallest absolute Gasteiger partial charge is 0.259 e. The lowest BCUT2D eigenvalue weighted by Gasteiger charge is -2.00. The molecule has 1 aromatic carbocycles. The summed E-state index contributed by atoms with van der Waals surface area (Å²) in [5.74, 6) is 0.908. The summed E-state index contributed by atoms with van der Waals surface area (Å²) in [7, 11) is 0. The number of hydrogen-bond donors (Lipinski definition) is 2. The number of benzene rings is 1. The first-order chi connectivity index (χ1) is 8.24. The number of fused-ring (bicyclic) bond motifs is 1. The van der Waals surface area contributed by atoms with E-state index < -0.39 is 0 Å². The fraction of sp³-hybridized carbons (Fsp3) is 0. The normalized spacial score (nSPS) is 10.8. The third kappa shape index (κ3) is 1.57. The second-order valence-corrected chi connectivity index (χ2v) is 3.59. The molecule has 5 heteroatoms. The van der Waals surface area contributed by atoms with Crippen molar-refractivity contribution in [3.63, 3.8) is 0 Å². The lowest BCUT2D eigenvalue weighted by atomic mass is 10.2. The van der Waals surface area contributed by atoms with Gasteiger partial charge < -0.3 is 14.5 Å². The van der Waals surface area contributed by atoms with Crippen molar-refractivity contribution in [3.05, 3.63) is 46.9 Å². The molecule has 0 aliphatic carbocycles. The van der Waals surface area contributed by atoms with E-state index in [1.807, 2.05) is 0 Å². The number of furan rings is 1. The van der Waals surface area contributed by atoms with E-state index in [9.17, 15) is 9.90 Å². The predicted octanol–water partition coefficient (Wildman–Crippen LogP) is 1.89. The first-order valence-corrected chi connectivity index (χ1v) is 5.01. The molecule has 2 heterocycles. The molecule has 0 aliphatic heterocycles. The van der Waals surface area contributed by atoms with Crippen molar-refractivity contribution in [2.45, 2.75) is 0 Å². The fourth-order valence-corrected chi connectivity index (χ4v) is 1.66. The van der Waals surface area contributed by atoms with E-state index in [1.165, 1.54) is 18.4 Å². The highest BCUT2D eigenvalue weighted by Gasteiger charge is 2.08. The third-order valence-corrected chi connectivity index (χ3v) is 2.44. The Morgan fingerprint density at radius 2 is 2.18 bits per heavy atom. The van der Waals surface area contributed by atoms with Gasteiger partial charge in [-0.1, -0.05) is 0 Å². The summed E-state index contributed by atoms with van der Waals surface area (Å²) in [6, 6.07) is 7.89. The zero-order valence-corrected chi connectivity index (χ0v) is 8.68. The second-order valence-electron chi connectivity index (χ2n) is 3.59. The van der Waals surface area contributed by atoms with Gasteiger partial charge in [0.1, 0.15) is 5.75 Å². The van der Waals surface area contributed by atoms with Crippen LogP contribution in [0.3, 0.4) is 0 Å². The summed E-state index contributed by atoms with van der Waals surface area (Å²) in [6.07, 6.45) is 1.51. The molecule has 0 amide bonds. The van der Waals surface area contributed by atoms with Crippen LogP contribution in [-0.4, -0.2) is 15.1 Å². The van der Waals surface area contributed by atoms with Crippen LogP contribution in [0, 0.1) is 0 Å². The quantitative estimate of drug-likeness (QED) is 0.666. The first-order valence-electron chi connectivity index (χ1n) is 5.01. The van der Waals surface area contributed by atoms with Crippen molar-refractivity contribution in [1.82, 2.24) is 9.97 Å². The molecule has 5 nitrogen and oxygen atoms in total. The zero-order chi connectivity index (χ0) is 11.8. The lowest BCUT2D eigenvalue weighted by Crippen LogP contribution is -2.09. The first kappa shape index (κ1) is 9.65. The van der Waals surface area contributed by atoms with Crippen LogP contribution in [0.4, 0.5) is 0 Å². The molecule has 0 aliphatic rings. The summed E-state index contributed by atoms with van der Waals surface area (Å²) in [4.78, 5) is 18.7. The maximum Gasteiger partial charge on any atom is 0.259 e. The zero-order valence-electron chi connectivity index (χ0n) is 8.68. The van der Waals surface area contributed by atoms with E-state index in [0.717, 1.165) is 0 Å². The van der Waals surface area contributed by atoms with Crippen LogP contribution in [0.2, 0.25) is 0 Å².